The standard InChI is InChI=1S/C12H12FN3O3/c13-8-7-16(12(18)15-11(8)17)5-6-19-10-4-2-1-3-9(10)14/h1-4,7H,5-6,14H2,(H,15,17,18). The minimum atomic E-state index is -1.03. The van der Waals surface area contributed by atoms with Gasteiger partial charge in [0.05, 0.1) is 18.4 Å². The quantitative estimate of drug-likeness (QED) is 0.780. The monoisotopic (exact) mass is 265 g/mol. The van der Waals surface area contributed by atoms with Gasteiger partial charge in [-0.3, -0.25) is 14.3 Å². The highest BCUT2D eigenvalue weighted by atomic mass is 19.1. The Kier molecular flexibility index (Phi) is 3.65. The molecule has 0 bridgehead atoms. The van der Waals surface area contributed by atoms with Gasteiger partial charge in [0.25, 0.3) is 5.56 Å². The lowest BCUT2D eigenvalue weighted by Crippen LogP contribution is -2.32. The molecule has 3 N–H and O–H groups in total. The molecule has 0 amide bonds. The number of nitrogens with zero attached hydrogens (tertiary/aromatic N) is 1. The van der Waals surface area contributed by atoms with Gasteiger partial charge < -0.3 is 10.5 Å². The SMILES string of the molecule is Nc1ccccc1OCCn1cc(F)c(=O)[nH]c1=O. The molecule has 19 heavy (non-hydrogen) atoms. The van der Waals surface area contributed by atoms with Gasteiger partial charge in [0.2, 0.25) is 5.82 Å². The van der Waals surface area contributed by atoms with Gasteiger partial charge in [-0.25, -0.2) is 4.79 Å². The summed E-state index contributed by atoms with van der Waals surface area (Å²) < 4.78 is 19.4. The van der Waals surface area contributed by atoms with Crippen LogP contribution in [0.25, 0.3) is 0 Å². The van der Waals surface area contributed by atoms with E-state index in [4.69, 9.17) is 10.5 Å². The Morgan fingerprint density at radius 1 is 1.32 bits per heavy atom. The second-order valence-electron chi connectivity index (χ2n) is 3.82. The molecule has 0 aliphatic heterocycles. The summed E-state index contributed by atoms with van der Waals surface area (Å²) in [4.78, 5) is 24.1. The molecule has 2 rings (SSSR count). The number of para-hydroxylation sites is 2. The number of nitrogens with one attached hydrogen (secondary N) is 1. The average molecular weight is 265 g/mol. The predicted octanol–water partition coefficient (Wildman–Crippen LogP) is 0.337. The number of halogens is 1. The van der Waals surface area contributed by atoms with Crippen molar-refractivity contribution >= 4 is 5.69 Å². The highest BCUT2D eigenvalue weighted by molar-refractivity contribution is 5.51. The first-order valence-electron chi connectivity index (χ1n) is 5.54. The fraction of sp³-hybridized carbons (Fsp3) is 0.167. The Balaban J connectivity index is 2.04. The Labute approximate surface area is 107 Å². The number of H-pyrrole nitrogens is 1. The second kappa shape index (κ2) is 5.38. The lowest BCUT2D eigenvalue weighted by Gasteiger charge is -2.09. The zero-order valence-corrected chi connectivity index (χ0v) is 9.93. The summed E-state index contributed by atoms with van der Waals surface area (Å²) in [5, 5.41) is 0. The van der Waals surface area contributed by atoms with E-state index in [1.54, 1.807) is 24.3 Å². The van der Waals surface area contributed by atoms with Gasteiger partial charge in [-0.1, -0.05) is 12.1 Å². The molecule has 0 radical (unpaired) electrons. The van der Waals surface area contributed by atoms with Gasteiger partial charge in [0.15, 0.2) is 0 Å². The van der Waals surface area contributed by atoms with Crippen LogP contribution in [-0.2, 0) is 6.54 Å². The van der Waals surface area contributed by atoms with Crippen LogP contribution >= 0.6 is 0 Å². The lowest BCUT2D eigenvalue weighted by molar-refractivity contribution is 0.295. The van der Waals surface area contributed by atoms with Crippen molar-refractivity contribution in [3.05, 3.63) is 57.1 Å². The lowest BCUT2D eigenvalue weighted by atomic mass is 10.3. The Morgan fingerprint density at radius 2 is 2.05 bits per heavy atom. The van der Waals surface area contributed by atoms with Crippen molar-refractivity contribution < 1.29 is 9.13 Å². The first kappa shape index (κ1) is 12.9. The normalized spacial score (nSPS) is 10.4. The third-order valence-corrected chi connectivity index (χ3v) is 2.48. The summed E-state index contributed by atoms with van der Waals surface area (Å²) in [6, 6.07) is 6.90. The number of aromatic amines is 1. The van der Waals surface area contributed by atoms with E-state index in [0.29, 0.717) is 11.4 Å². The van der Waals surface area contributed by atoms with E-state index in [0.717, 1.165) is 10.8 Å². The van der Waals surface area contributed by atoms with E-state index >= 15 is 0 Å². The van der Waals surface area contributed by atoms with Gasteiger partial charge in [0, 0.05) is 0 Å². The van der Waals surface area contributed by atoms with Crippen LogP contribution in [0.4, 0.5) is 10.1 Å². The molecule has 1 heterocycles. The minimum Gasteiger partial charge on any atom is -0.490 e. The summed E-state index contributed by atoms with van der Waals surface area (Å²) in [5.41, 5.74) is 4.43. The summed E-state index contributed by atoms with van der Waals surface area (Å²) in [7, 11) is 0. The molecule has 0 aliphatic carbocycles. The molecule has 1 aromatic heterocycles. The Morgan fingerprint density at radius 3 is 2.79 bits per heavy atom. The average Bonchev–Trinajstić information content (AvgIpc) is 2.38. The maximum Gasteiger partial charge on any atom is 0.328 e. The molecule has 0 unspecified atom stereocenters. The number of aromatic nitrogens is 2. The number of nitrogens with two attached hydrogens (primary N) is 1. The van der Waals surface area contributed by atoms with Crippen LogP contribution < -0.4 is 21.7 Å². The minimum absolute atomic E-state index is 0.0981. The van der Waals surface area contributed by atoms with Crippen LogP contribution in [-0.4, -0.2) is 16.2 Å². The zero-order chi connectivity index (χ0) is 13.8. The van der Waals surface area contributed by atoms with Crippen LogP contribution in [0.3, 0.4) is 0 Å². The number of hydrogen-bond acceptors (Lipinski definition) is 4. The third-order valence-electron chi connectivity index (χ3n) is 2.48. The first-order valence-corrected chi connectivity index (χ1v) is 5.54. The van der Waals surface area contributed by atoms with Crippen LogP contribution in [0.1, 0.15) is 0 Å². The van der Waals surface area contributed by atoms with Gasteiger partial charge in [-0.15, -0.1) is 0 Å². The van der Waals surface area contributed by atoms with Crippen molar-refractivity contribution in [1.82, 2.24) is 9.55 Å². The van der Waals surface area contributed by atoms with Crippen molar-refractivity contribution in [2.24, 2.45) is 0 Å². The predicted molar refractivity (Wildman–Crippen MR) is 67.6 cm³/mol. The van der Waals surface area contributed by atoms with Gasteiger partial charge >= 0.3 is 5.69 Å². The topological polar surface area (TPSA) is 90.1 Å². The molecule has 0 aliphatic rings. The molecule has 0 spiro atoms. The molecule has 100 valence electrons. The highest BCUT2D eigenvalue weighted by Crippen LogP contribution is 2.19. The van der Waals surface area contributed by atoms with Crippen LogP contribution in [0.15, 0.2) is 40.1 Å². The van der Waals surface area contributed by atoms with Crippen LogP contribution in [0, 0.1) is 5.82 Å². The maximum absolute atomic E-state index is 13.0. The molecular formula is C12H12FN3O3. The van der Waals surface area contributed by atoms with Crippen molar-refractivity contribution in [1.29, 1.82) is 0 Å². The first-order chi connectivity index (χ1) is 9.08. The fourth-order valence-corrected chi connectivity index (χ4v) is 1.51. The number of ether oxygens (including phenoxy) is 1. The van der Waals surface area contributed by atoms with Gasteiger partial charge in [0.1, 0.15) is 12.4 Å². The van der Waals surface area contributed by atoms with Crippen molar-refractivity contribution in [2.75, 3.05) is 12.3 Å². The maximum atomic E-state index is 13.0. The van der Waals surface area contributed by atoms with Gasteiger partial charge in [-0.05, 0) is 12.1 Å². The fourth-order valence-electron chi connectivity index (χ4n) is 1.51. The number of nitrogen functional groups attached to an aromatic ring is 1. The largest absolute Gasteiger partial charge is 0.490 e. The molecule has 0 atom stereocenters. The van der Waals surface area contributed by atoms with Crippen LogP contribution in [0.2, 0.25) is 0 Å². The smallest absolute Gasteiger partial charge is 0.328 e. The van der Waals surface area contributed by atoms with E-state index in [-0.39, 0.29) is 13.2 Å². The third kappa shape index (κ3) is 3.01. The molecule has 0 saturated carbocycles. The zero-order valence-electron chi connectivity index (χ0n) is 9.93. The number of rotatable bonds is 4. The van der Waals surface area contributed by atoms with Crippen molar-refractivity contribution in [3.8, 4) is 5.75 Å². The number of hydrogen-bond donors (Lipinski definition) is 2. The Hall–Kier alpha value is -2.57. The van der Waals surface area contributed by atoms with Crippen molar-refractivity contribution in [3.63, 3.8) is 0 Å². The number of anilines is 1. The summed E-state index contributed by atoms with van der Waals surface area (Å²) in [5.74, 6) is -0.528. The molecule has 7 heteroatoms. The van der Waals surface area contributed by atoms with E-state index in [2.05, 4.69) is 0 Å². The molecular weight excluding hydrogens is 253 g/mol. The Bertz CT molecular complexity index is 693. The van der Waals surface area contributed by atoms with E-state index in [1.165, 1.54) is 0 Å². The molecule has 1 aromatic carbocycles. The molecule has 0 fully saturated rings. The summed E-state index contributed by atoms with van der Waals surface area (Å²) in [6.45, 7) is 0.223. The summed E-state index contributed by atoms with van der Waals surface area (Å²) in [6.07, 6.45) is 0.846. The van der Waals surface area contributed by atoms with Gasteiger partial charge in [-0.2, -0.15) is 4.39 Å². The van der Waals surface area contributed by atoms with Crippen LogP contribution in [0.5, 0.6) is 5.75 Å². The van der Waals surface area contributed by atoms with E-state index in [1.807, 2.05) is 4.98 Å². The highest BCUT2D eigenvalue weighted by Gasteiger charge is 2.04. The second-order valence-corrected chi connectivity index (χ2v) is 3.82. The van der Waals surface area contributed by atoms with E-state index < -0.39 is 17.1 Å². The van der Waals surface area contributed by atoms with E-state index in [9.17, 15) is 14.0 Å². The number of benzene rings is 1. The molecule has 2 aromatic rings. The molecule has 0 saturated heterocycles. The molecule has 6 nitrogen and oxygen atoms in total. The van der Waals surface area contributed by atoms with Crippen molar-refractivity contribution in [2.45, 2.75) is 6.54 Å². The summed E-state index contributed by atoms with van der Waals surface area (Å²) >= 11 is 0.